The summed E-state index contributed by atoms with van der Waals surface area (Å²) in [5.74, 6) is 0.650. The van der Waals surface area contributed by atoms with E-state index in [1.807, 2.05) is 10.3 Å². The van der Waals surface area contributed by atoms with Gasteiger partial charge >= 0.3 is 5.91 Å². The van der Waals surface area contributed by atoms with Gasteiger partial charge in [-0.05, 0) is 54.0 Å². The van der Waals surface area contributed by atoms with Gasteiger partial charge in [-0.3, -0.25) is 4.79 Å². The van der Waals surface area contributed by atoms with Gasteiger partial charge in [-0.1, -0.05) is 0 Å². The molecule has 0 fully saturated rings. The van der Waals surface area contributed by atoms with Crippen molar-refractivity contribution in [3.05, 3.63) is 46.5 Å². The maximum absolute atomic E-state index is 12.2. The zero-order valence-electron chi connectivity index (χ0n) is 13.4. The summed E-state index contributed by atoms with van der Waals surface area (Å²) in [6.07, 6.45) is 6.79. The van der Waals surface area contributed by atoms with Crippen molar-refractivity contribution < 1.29 is 42.5 Å². The van der Waals surface area contributed by atoms with Crippen LogP contribution in [-0.4, -0.2) is 13.0 Å². The Kier molecular flexibility index (Phi) is 6.71. The van der Waals surface area contributed by atoms with Crippen LogP contribution in [0.15, 0.2) is 30.5 Å². The Hall–Kier alpha value is -1.75. The highest BCUT2D eigenvalue weighted by Crippen LogP contribution is 2.22. The van der Waals surface area contributed by atoms with Crippen LogP contribution in [0.2, 0.25) is 0 Å². The molecule has 1 heterocycles. The van der Waals surface area contributed by atoms with Crippen LogP contribution >= 0.6 is 11.5 Å². The van der Waals surface area contributed by atoms with E-state index in [2.05, 4.69) is 5.43 Å². The van der Waals surface area contributed by atoms with Gasteiger partial charge in [-0.15, -0.1) is 15.7 Å². The molecule has 136 valence electrons. The van der Waals surface area contributed by atoms with E-state index in [0.29, 0.717) is 5.56 Å². The van der Waals surface area contributed by atoms with Gasteiger partial charge in [0.15, 0.2) is 11.5 Å². The minimum Gasteiger partial charge on any atom is -0.497 e. The number of fused-ring (bicyclic) bond motifs is 1. The molecule has 1 N–H and O–H groups in total. The molecular formula is C15H17ClN2O6S. The lowest BCUT2D eigenvalue weighted by atomic mass is 10.0. The zero-order valence-corrected chi connectivity index (χ0v) is 15.0. The van der Waals surface area contributed by atoms with Crippen LogP contribution in [0, 0.1) is 10.2 Å². The first kappa shape index (κ1) is 19.6. The molecule has 0 atom stereocenters. The Bertz CT molecular complexity index is 684. The van der Waals surface area contributed by atoms with Crippen LogP contribution in [0.25, 0.3) is 0 Å². The molecule has 1 amide bonds. The van der Waals surface area contributed by atoms with Crippen LogP contribution in [0.5, 0.6) is 5.75 Å². The van der Waals surface area contributed by atoms with Gasteiger partial charge in [0.25, 0.3) is 0 Å². The second-order valence-corrected chi connectivity index (χ2v) is 7.07. The van der Waals surface area contributed by atoms with E-state index in [4.69, 9.17) is 23.4 Å². The second kappa shape index (κ2) is 8.56. The molecule has 0 unspecified atom stereocenters. The van der Waals surface area contributed by atoms with Crippen molar-refractivity contribution in [1.82, 2.24) is 0 Å². The number of hydrogen-bond acceptors (Lipinski definition) is 7. The molecule has 1 aromatic heterocycles. The Balaban J connectivity index is 0.000000399. The van der Waals surface area contributed by atoms with Gasteiger partial charge < -0.3 is 4.74 Å². The highest BCUT2D eigenvalue weighted by molar-refractivity contribution is 7.02. The van der Waals surface area contributed by atoms with Crippen molar-refractivity contribution >= 4 is 17.4 Å². The average Bonchev–Trinajstić information content (AvgIpc) is 2.95. The molecule has 1 aliphatic rings. The number of methoxy groups -OCH3 is 1. The number of aryl methyl sites for hydroxylation is 2. The maximum Gasteiger partial charge on any atom is 0.306 e. The standard InChI is InChI=1S/C15H16N2O2S.ClHO4/c1-19-13-8-6-11(7-9-13)15(18)16-17-10-12-4-2-3-5-14(12)20-17;2-1(3,4)5/h6-10H,2-5H2,1H3;(H,2,3,4,5). The van der Waals surface area contributed by atoms with Crippen molar-refractivity contribution in [3.63, 3.8) is 0 Å². The zero-order chi connectivity index (χ0) is 18.4. The van der Waals surface area contributed by atoms with E-state index in [1.54, 1.807) is 42.9 Å². The van der Waals surface area contributed by atoms with Crippen LogP contribution in [0.1, 0.15) is 33.6 Å². The molecular weight excluding hydrogens is 372 g/mol. The molecule has 0 saturated carbocycles. The number of aromatic nitrogens is 1. The molecule has 0 saturated heterocycles. The third-order valence-electron chi connectivity index (χ3n) is 3.50. The Morgan fingerprint density at radius 3 is 2.32 bits per heavy atom. The fourth-order valence-electron chi connectivity index (χ4n) is 2.39. The predicted molar refractivity (Wildman–Crippen MR) is 77.8 cm³/mol. The number of carbonyl (C=O) groups is 1. The van der Waals surface area contributed by atoms with E-state index >= 15 is 0 Å². The SMILES string of the molecule is COc1ccc(C(=O)N[n+]2cc3c(s2)CCCC3)cc1.[O-][Cl+3]([O-])([O-])[O-]. The number of rotatable bonds is 3. The summed E-state index contributed by atoms with van der Waals surface area (Å²) < 4.78 is 40.9. The van der Waals surface area contributed by atoms with Gasteiger partial charge in [0.1, 0.15) is 5.75 Å². The molecule has 0 radical (unpaired) electrons. The van der Waals surface area contributed by atoms with E-state index < -0.39 is 10.2 Å². The number of nitrogens with zero attached hydrogens (tertiary/aromatic N) is 1. The summed E-state index contributed by atoms with van der Waals surface area (Å²) in [7, 11) is -3.33. The Labute approximate surface area is 150 Å². The quantitative estimate of drug-likeness (QED) is 0.580. The molecule has 0 spiro atoms. The molecule has 25 heavy (non-hydrogen) atoms. The maximum atomic E-state index is 12.2. The Morgan fingerprint density at radius 1 is 1.16 bits per heavy atom. The van der Waals surface area contributed by atoms with Crippen molar-refractivity contribution in [1.29, 1.82) is 0 Å². The number of benzene rings is 1. The summed E-state index contributed by atoms with van der Waals surface area (Å²) in [6, 6.07) is 7.11. The average molecular weight is 389 g/mol. The van der Waals surface area contributed by atoms with Crippen molar-refractivity contribution in [3.8, 4) is 5.75 Å². The first-order chi connectivity index (χ1) is 11.8. The number of halogens is 1. The first-order valence-electron chi connectivity index (χ1n) is 7.37. The molecule has 0 aliphatic heterocycles. The third kappa shape index (κ3) is 6.58. The van der Waals surface area contributed by atoms with Gasteiger partial charge in [0, 0.05) is 11.1 Å². The van der Waals surface area contributed by atoms with Crippen LogP contribution in [0.4, 0.5) is 0 Å². The highest BCUT2D eigenvalue weighted by Gasteiger charge is 2.21. The van der Waals surface area contributed by atoms with E-state index in [1.165, 1.54) is 23.3 Å². The molecule has 1 aromatic carbocycles. The van der Waals surface area contributed by atoms with Crippen LogP contribution in [-0.2, 0) is 12.8 Å². The van der Waals surface area contributed by atoms with Crippen LogP contribution < -0.4 is 32.9 Å². The fraction of sp³-hybridized carbons (Fsp3) is 0.333. The third-order valence-corrected chi connectivity index (χ3v) is 4.58. The van der Waals surface area contributed by atoms with Gasteiger partial charge in [-0.25, -0.2) is 18.6 Å². The minimum atomic E-state index is -4.94. The monoisotopic (exact) mass is 388 g/mol. The first-order valence-corrected chi connectivity index (χ1v) is 9.38. The van der Waals surface area contributed by atoms with Crippen molar-refractivity contribution in [2.75, 3.05) is 12.5 Å². The van der Waals surface area contributed by atoms with E-state index in [-0.39, 0.29) is 5.91 Å². The van der Waals surface area contributed by atoms with Crippen LogP contribution in [0.3, 0.4) is 0 Å². The molecule has 2 aromatic rings. The molecule has 3 rings (SSSR count). The normalized spacial score (nSPS) is 13.3. The number of ether oxygens (including phenoxy) is 1. The van der Waals surface area contributed by atoms with E-state index in [9.17, 15) is 4.79 Å². The molecule has 10 heteroatoms. The Morgan fingerprint density at radius 2 is 1.76 bits per heavy atom. The lowest BCUT2D eigenvalue weighted by molar-refractivity contribution is -2.00. The van der Waals surface area contributed by atoms with Crippen molar-refractivity contribution in [2.45, 2.75) is 25.7 Å². The molecule has 0 bridgehead atoms. The van der Waals surface area contributed by atoms with Gasteiger partial charge in [0.2, 0.25) is 6.20 Å². The van der Waals surface area contributed by atoms with E-state index in [0.717, 1.165) is 18.6 Å². The fourth-order valence-corrected chi connectivity index (χ4v) is 3.44. The summed E-state index contributed by atoms with van der Waals surface area (Å²) in [5.41, 5.74) is 4.91. The molecule has 1 aliphatic carbocycles. The minimum absolute atomic E-state index is 0.101. The lowest BCUT2D eigenvalue weighted by Crippen LogP contribution is -2.68. The summed E-state index contributed by atoms with van der Waals surface area (Å²) >= 11 is 1.63. The number of nitrogens with one attached hydrogen (secondary N) is 1. The van der Waals surface area contributed by atoms with Gasteiger partial charge in [0.05, 0.1) is 12.0 Å². The van der Waals surface area contributed by atoms with Gasteiger partial charge in [-0.2, -0.15) is 0 Å². The smallest absolute Gasteiger partial charge is 0.306 e. The number of carbonyl (C=O) groups excluding carboxylic acids is 1. The topological polar surface area (TPSA) is 134 Å². The summed E-state index contributed by atoms with van der Waals surface area (Å²) in [6.45, 7) is 0. The predicted octanol–water partition coefficient (Wildman–Crippen LogP) is -2.45. The van der Waals surface area contributed by atoms with Crippen molar-refractivity contribution in [2.24, 2.45) is 0 Å². The highest BCUT2D eigenvalue weighted by atomic mass is 35.7. The number of hydrogen-bond donors (Lipinski definition) is 1. The number of amides is 1. The molecule has 8 nitrogen and oxygen atoms in total. The largest absolute Gasteiger partial charge is 0.497 e. The summed E-state index contributed by atoms with van der Waals surface area (Å²) in [4.78, 5) is 13.6. The lowest BCUT2D eigenvalue weighted by Gasteiger charge is -2.17. The summed E-state index contributed by atoms with van der Waals surface area (Å²) in [5, 5.41) is 0. The second-order valence-electron chi connectivity index (χ2n) is 5.25.